The predicted octanol–water partition coefficient (Wildman–Crippen LogP) is 2.28. The summed E-state index contributed by atoms with van der Waals surface area (Å²) in [6.07, 6.45) is 10.8. The van der Waals surface area contributed by atoms with Crippen molar-refractivity contribution >= 4 is 29.9 Å². The summed E-state index contributed by atoms with van der Waals surface area (Å²) >= 11 is 0. The first-order valence-corrected chi connectivity index (χ1v) is 9.76. The highest BCUT2D eigenvalue weighted by atomic mass is 127. The van der Waals surface area contributed by atoms with Gasteiger partial charge in [0.15, 0.2) is 5.96 Å². The normalized spacial score (nSPS) is 15.8. The van der Waals surface area contributed by atoms with Crippen LogP contribution in [0.1, 0.15) is 51.3 Å². The van der Waals surface area contributed by atoms with E-state index in [1.54, 1.807) is 6.33 Å². The summed E-state index contributed by atoms with van der Waals surface area (Å²) in [4.78, 5) is 6.83. The monoisotopic (exact) mass is 477 g/mol. The zero-order chi connectivity index (χ0) is 17.9. The molecule has 26 heavy (non-hydrogen) atoms. The van der Waals surface area contributed by atoms with Gasteiger partial charge in [0.2, 0.25) is 0 Å². The van der Waals surface area contributed by atoms with Crippen LogP contribution in [0.2, 0.25) is 0 Å². The molecule has 0 saturated heterocycles. The van der Waals surface area contributed by atoms with Gasteiger partial charge in [-0.2, -0.15) is 0 Å². The molecule has 1 heterocycles. The van der Waals surface area contributed by atoms with Gasteiger partial charge in [0, 0.05) is 39.1 Å². The second kappa shape index (κ2) is 13.3. The van der Waals surface area contributed by atoms with E-state index >= 15 is 0 Å². The smallest absolute Gasteiger partial charge is 0.191 e. The molecule has 2 N–H and O–H groups in total. The Morgan fingerprint density at radius 3 is 2.69 bits per heavy atom. The van der Waals surface area contributed by atoms with E-state index < -0.39 is 0 Å². The van der Waals surface area contributed by atoms with Gasteiger partial charge in [-0.05, 0) is 32.9 Å². The lowest BCUT2D eigenvalue weighted by Gasteiger charge is -2.31. The van der Waals surface area contributed by atoms with Crippen LogP contribution < -0.4 is 10.6 Å². The molecule has 1 fully saturated rings. The molecular formula is C18H36IN7. The molecule has 1 aromatic heterocycles. The Kier molecular flexibility index (Phi) is 11.8. The molecule has 0 bridgehead atoms. The molecule has 150 valence electrons. The maximum atomic E-state index is 4.30. The molecule has 1 aliphatic carbocycles. The zero-order valence-electron chi connectivity index (χ0n) is 16.6. The molecular weight excluding hydrogens is 441 g/mol. The fraction of sp³-hybridized carbons (Fsp3) is 0.833. The highest BCUT2D eigenvalue weighted by Gasteiger charge is 2.17. The van der Waals surface area contributed by atoms with E-state index in [-0.39, 0.29) is 24.0 Å². The second-order valence-corrected chi connectivity index (χ2v) is 6.85. The number of guanidine groups is 1. The number of hydrogen-bond donors (Lipinski definition) is 2. The Hall–Kier alpha value is -0.900. The molecule has 0 spiro atoms. The molecule has 8 heteroatoms. The van der Waals surface area contributed by atoms with Crippen molar-refractivity contribution in [3.05, 3.63) is 12.2 Å². The van der Waals surface area contributed by atoms with E-state index in [1.165, 1.54) is 32.1 Å². The summed E-state index contributed by atoms with van der Waals surface area (Å²) in [6.45, 7) is 5.85. The number of aromatic nitrogens is 3. The van der Waals surface area contributed by atoms with Crippen LogP contribution >= 0.6 is 24.0 Å². The summed E-state index contributed by atoms with van der Waals surface area (Å²) in [5, 5.41) is 14.8. The summed E-state index contributed by atoms with van der Waals surface area (Å²) < 4.78 is 2.08. The molecule has 7 nitrogen and oxygen atoms in total. The Morgan fingerprint density at radius 2 is 2.00 bits per heavy atom. The lowest BCUT2D eigenvalue weighted by Crippen LogP contribution is -2.40. The van der Waals surface area contributed by atoms with Crippen LogP contribution in [0, 0.1) is 0 Å². The van der Waals surface area contributed by atoms with E-state index in [0.29, 0.717) is 0 Å². The van der Waals surface area contributed by atoms with Crippen molar-refractivity contribution in [2.75, 3.05) is 33.7 Å². The first-order valence-electron chi connectivity index (χ1n) is 9.76. The van der Waals surface area contributed by atoms with Gasteiger partial charge in [0.25, 0.3) is 0 Å². The molecule has 0 aliphatic heterocycles. The third kappa shape index (κ3) is 7.77. The van der Waals surface area contributed by atoms with Crippen molar-refractivity contribution in [3.63, 3.8) is 0 Å². The van der Waals surface area contributed by atoms with Crippen LogP contribution in [0.3, 0.4) is 0 Å². The molecule has 0 aromatic carbocycles. The van der Waals surface area contributed by atoms with Gasteiger partial charge in [-0.1, -0.05) is 26.2 Å². The van der Waals surface area contributed by atoms with Gasteiger partial charge in [0.1, 0.15) is 12.2 Å². The van der Waals surface area contributed by atoms with Crippen molar-refractivity contribution in [2.45, 2.75) is 64.5 Å². The van der Waals surface area contributed by atoms with Crippen LogP contribution in [0.15, 0.2) is 11.3 Å². The van der Waals surface area contributed by atoms with Gasteiger partial charge < -0.3 is 20.1 Å². The summed E-state index contributed by atoms with van der Waals surface area (Å²) in [5.41, 5.74) is 0. The average Bonchev–Trinajstić information content (AvgIpc) is 3.11. The molecule has 0 unspecified atom stereocenters. The molecule has 0 atom stereocenters. The Labute approximate surface area is 175 Å². The van der Waals surface area contributed by atoms with Gasteiger partial charge in [-0.25, -0.2) is 0 Å². The van der Waals surface area contributed by atoms with Crippen LogP contribution in [0.25, 0.3) is 0 Å². The fourth-order valence-corrected chi connectivity index (χ4v) is 3.49. The molecule has 2 rings (SSSR count). The highest BCUT2D eigenvalue weighted by Crippen LogP contribution is 2.21. The van der Waals surface area contributed by atoms with Crippen molar-refractivity contribution in [1.82, 2.24) is 30.3 Å². The first-order chi connectivity index (χ1) is 12.2. The van der Waals surface area contributed by atoms with Crippen LogP contribution in [0.5, 0.6) is 0 Å². The van der Waals surface area contributed by atoms with Crippen LogP contribution in [-0.4, -0.2) is 65.4 Å². The highest BCUT2D eigenvalue weighted by molar-refractivity contribution is 14.0. The first kappa shape index (κ1) is 23.1. The van der Waals surface area contributed by atoms with Gasteiger partial charge >= 0.3 is 0 Å². The van der Waals surface area contributed by atoms with Crippen LogP contribution in [-0.2, 0) is 13.0 Å². The standard InChI is InChI=1S/C18H35N7.HI/c1-4-17-23-22-15-25(17)14-12-21-18(19-2)20-11-8-13-24(3)16-9-6-5-7-10-16;/h15-16H,4-14H2,1-3H3,(H2,19,20,21);1H. The minimum atomic E-state index is 0. The number of nitrogens with zero attached hydrogens (tertiary/aromatic N) is 5. The topological polar surface area (TPSA) is 70.4 Å². The maximum absolute atomic E-state index is 4.30. The molecule has 1 aromatic rings. The SMILES string of the molecule is CCc1nncn1CCNC(=NC)NCCCN(C)C1CCCCC1.I. The number of hydrogen-bond acceptors (Lipinski definition) is 4. The summed E-state index contributed by atoms with van der Waals surface area (Å²) in [5.74, 6) is 1.89. The average molecular weight is 477 g/mol. The summed E-state index contributed by atoms with van der Waals surface area (Å²) in [7, 11) is 4.09. The maximum Gasteiger partial charge on any atom is 0.191 e. The van der Waals surface area contributed by atoms with Crippen molar-refractivity contribution in [2.24, 2.45) is 4.99 Å². The lowest BCUT2D eigenvalue weighted by atomic mass is 9.94. The third-order valence-corrected chi connectivity index (χ3v) is 5.06. The summed E-state index contributed by atoms with van der Waals surface area (Å²) in [6, 6.07) is 0.794. The van der Waals surface area contributed by atoms with Crippen molar-refractivity contribution < 1.29 is 0 Å². The van der Waals surface area contributed by atoms with E-state index in [4.69, 9.17) is 0 Å². The Morgan fingerprint density at radius 1 is 1.27 bits per heavy atom. The lowest BCUT2D eigenvalue weighted by molar-refractivity contribution is 0.190. The van der Waals surface area contributed by atoms with Crippen LogP contribution in [0.4, 0.5) is 0 Å². The Bertz CT molecular complexity index is 511. The Balaban J connectivity index is 0.00000338. The van der Waals surface area contributed by atoms with Gasteiger partial charge in [-0.15, -0.1) is 34.2 Å². The molecule has 1 aliphatic rings. The largest absolute Gasteiger partial charge is 0.356 e. The quantitative estimate of drug-likeness (QED) is 0.247. The van der Waals surface area contributed by atoms with E-state index in [1.807, 2.05) is 7.05 Å². The van der Waals surface area contributed by atoms with E-state index in [2.05, 4.69) is 49.3 Å². The molecule has 0 radical (unpaired) electrons. The van der Waals surface area contributed by atoms with Gasteiger partial charge in [0.05, 0.1) is 0 Å². The number of rotatable bonds is 9. The third-order valence-electron chi connectivity index (χ3n) is 5.06. The van der Waals surface area contributed by atoms with E-state index in [0.717, 1.165) is 56.8 Å². The zero-order valence-corrected chi connectivity index (χ0v) is 18.9. The van der Waals surface area contributed by atoms with Gasteiger partial charge in [-0.3, -0.25) is 4.99 Å². The molecule has 1 saturated carbocycles. The minimum Gasteiger partial charge on any atom is -0.356 e. The minimum absolute atomic E-state index is 0. The van der Waals surface area contributed by atoms with E-state index in [9.17, 15) is 0 Å². The number of aryl methyl sites for hydroxylation is 1. The predicted molar refractivity (Wildman–Crippen MR) is 118 cm³/mol. The number of halogens is 1. The fourth-order valence-electron chi connectivity index (χ4n) is 3.49. The molecule has 0 amide bonds. The number of aliphatic imine (C=N–C) groups is 1. The van der Waals surface area contributed by atoms with Crippen molar-refractivity contribution in [3.8, 4) is 0 Å². The van der Waals surface area contributed by atoms with Crippen molar-refractivity contribution in [1.29, 1.82) is 0 Å². The second-order valence-electron chi connectivity index (χ2n) is 6.85. The number of nitrogens with one attached hydrogen (secondary N) is 2.